The van der Waals surface area contributed by atoms with Gasteiger partial charge in [-0.2, -0.15) is 0 Å². The highest BCUT2D eigenvalue weighted by molar-refractivity contribution is 7.88. The quantitative estimate of drug-likeness (QED) is 0.753. The molecule has 0 aromatic heterocycles. The maximum Gasteiger partial charge on any atom is 0.216 e. The van der Waals surface area contributed by atoms with Gasteiger partial charge in [-0.15, -0.1) is 12.4 Å². The molecule has 0 saturated carbocycles. The molecule has 7 heteroatoms. The van der Waals surface area contributed by atoms with Gasteiger partial charge >= 0.3 is 0 Å². The van der Waals surface area contributed by atoms with E-state index in [4.69, 9.17) is 10.5 Å². The summed E-state index contributed by atoms with van der Waals surface area (Å²) in [5, 5.41) is 0. The normalized spacial score (nSPS) is 14.3. The van der Waals surface area contributed by atoms with Crippen molar-refractivity contribution in [3.8, 4) is 5.75 Å². The van der Waals surface area contributed by atoms with E-state index in [9.17, 15) is 8.42 Å². The molecule has 1 aromatic rings. The van der Waals surface area contributed by atoms with E-state index >= 15 is 0 Å². The molecule has 1 rings (SSSR count). The van der Waals surface area contributed by atoms with Crippen LogP contribution in [0.4, 0.5) is 0 Å². The Hall–Kier alpha value is -0.820. The zero-order valence-corrected chi connectivity index (χ0v) is 15.3. The van der Waals surface area contributed by atoms with Crippen LogP contribution in [0.1, 0.15) is 32.8 Å². The molecule has 3 N–H and O–H groups in total. The fraction of sp³-hybridized carbons (Fsp3) is 0.600. The molecular formula is C15H27ClN2O3S. The van der Waals surface area contributed by atoms with Gasteiger partial charge in [0.05, 0.1) is 12.9 Å². The number of sulfonamides is 1. The molecule has 0 aliphatic carbocycles. The van der Waals surface area contributed by atoms with Crippen molar-refractivity contribution in [1.29, 1.82) is 0 Å². The molecule has 0 amide bonds. The van der Waals surface area contributed by atoms with Crippen LogP contribution in [0.25, 0.3) is 0 Å². The molecule has 0 saturated heterocycles. The minimum atomic E-state index is -3.46. The summed E-state index contributed by atoms with van der Waals surface area (Å²) in [5.41, 5.74) is 5.82. The Labute approximate surface area is 140 Å². The van der Waals surface area contributed by atoms with E-state index in [1.165, 1.54) is 0 Å². The monoisotopic (exact) mass is 350 g/mol. The molecule has 0 aliphatic heterocycles. The molecular weight excluding hydrogens is 324 g/mol. The zero-order chi connectivity index (χ0) is 16.1. The van der Waals surface area contributed by atoms with Crippen LogP contribution in [0, 0.1) is 5.92 Å². The van der Waals surface area contributed by atoms with Crippen LogP contribution < -0.4 is 15.2 Å². The topological polar surface area (TPSA) is 81.4 Å². The number of hydrogen-bond acceptors (Lipinski definition) is 4. The van der Waals surface area contributed by atoms with E-state index in [0.717, 1.165) is 0 Å². The Morgan fingerprint density at radius 2 is 2.00 bits per heavy atom. The van der Waals surface area contributed by atoms with Crippen LogP contribution in [-0.2, 0) is 15.8 Å². The number of hydrogen-bond donors (Lipinski definition) is 2. The highest BCUT2D eigenvalue weighted by Gasteiger charge is 2.29. The number of rotatable bonds is 8. The number of ether oxygens (including phenoxy) is 1. The van der Waals surface area contributed by atoms with Crippen LogP contribution in [0.15, 0.2) is 24.3 Å². The summed E-state index contributed by atoms with van der Waals surface area (Å²) in [4.78, 5) is 0. The van der Waals surface area contributed by atoms with E-state index < -0.39 is 15.6 Å². The molecule has 1 unspecified atom stereocenters. The lowest BCUT2D eigenvalue weighted by Gasteiger charge is -2.30. The average Bonchev–Trinajstić information content (AvgIpc) is 2.36. The van der Waals surface area contributed by atoms with Gasteiger partial charge in [0.2, 0.25) is 10.0 Å². The van der Waals surface area contributed by atoms with Crippen LogP contribution >= 0.6 is 12.4 Å². The van der Waals surface area contributed by atoms with E-state index in [1.807, 2.05) is 20.8 Å². The Bertz CT molecular complexity index is 564. The van der Waals surface area contributed by atoms with Gasteiger partial charge in [0.25, 0.3) is 0 Å². The van der Waals surface area contributed by atoms with Crippen LogP contribution in [0.3, 0.4) is 0 Å². The molecule has 0 aliphatic rings. The van der Waals surface area contributed by atoms with Gasteiger partial charge in [-0.05, 0) is 37.0 Å². The summed E-state index contributed by atoms with van der Waals surface area (Å²) in [7, 11) is -1.91. The Kier molecular flexibility index (Phi) is 8.39. The van der Waals surface area contributed by atoms with Gasteiger partial charge in [0.15, 0.2) is 0 Å². The second kappa shape index (κ2) is 8.72. The molecule has 1 aromatic carbocycles. The van der Waals surface area contributed by atoms with Crippen molar-refractivity contribution in [2.45, 2.75) is 38.5 Å². The lowest BCUT2D eigenvalue weighted by Crippen LogP contribution is -2.52. The van der Waals surface area contributed by atoms with E-state index in [0.29, 0.717) is 23.7 Å². The molecule has 1 atom stereocenters. The van der Waals surface area contributed by atoms with Crippen molar-refractivity contribution in [3.63, 3.8) is 0 Å². The lowest BCUT2D eigenvalue weighted by molar-refractivity contribution is 0.344. The number of halogens is 1. The summed E-state index contributed by atoms with van der Waals surface area (Å²) in [6.45, 7) is 6.20. The highest BCUT2D eigenvalue weighted by Crippen LogP contribution is 2.19. The third-order valence-corrected chi connectivity index (χ3v) is 4.72. The SMILES string of the molecule is COc1cccc(CS(=O)(=O)NC(C)(CN)CC(C)C)c1.Cl. The number of nitrogens with two attached hydrogens (primary N) is 1. The van der Waals surface area contributed by atoms with Crippen LogP contribution in [0.5, 0.6) is 5.75 Å². The molecule has 0 radical (unpaired) electrons. The van der Waals surface area contributed by atoms with E-state index in [-0.39, 0.29) is 24.7 Å². The maximum atomic E-state index is 12.3. The number of methoxy groups -OCH3 is 1. The van der Waals surface area contributed by atoms with Crippen molar-refractivity contribution in [2.75, 3.05) is 13.7 Å². The predicted molar refractivity (Wildman–Crippen MR) is 92.9 cm³/mol. The highest BCUT2D eigenvalue weighted by atomic mass is 35.5. The maximum absolute atomic E-state index is 12.3. The average molecular weight is 351 g/mol. The third kappa shape index (κ3) is 6.96. The minimum Gasteiger partial charge on any atom is -0.497 e. The summed E-state index contributed by atoms with van der Waals surface area (Å²) in [5.74, 6) is 0.919. The predicted octanol–water partition coefficient (Wildman–Crippen LogP) is 2.30. The van der Waals surface area contributed by atoms with Gasteiger partial charge in [-0.3, -0.25) is 0 Å². The largest absolute Gasteiger partial charge is 0.497 e. The fourth-order valence-corrected chi connectivity index (χ4v) is 4.07. The Balaban J connectivity index is 0.00000441. The summed E-state index contributed by atoms with van der Waals surface area (Å²) < 4.78 is 32.5. The second-order valence-electron chi connectivity index (χ2n) is 6.08. The first-order valence-electron chi connectivity index (χ1n) is 7.04. The molecule has 0 heterocycles. The molecule has 0 bridgehead atoms. The van der Waals surface area contributed by atoms with Crippen molar-refractivity contribution in [3.05, 3.63) is 29.8 Å². The van der Waals surface area contributed by atoms with Crippen molar-refractivity contribution in [1.82, 2.24) is 4.72 Å². The molecule has 128 valence electrons. The summed E-state index contributed by atoms with van der Waals surface area (Å²) >= 11 is 0. The number of nitrogens with one attached hydrogen (secondary N) is 1. The van der Waals surface area contributed by atoms with Crippen LogP contribution in [-0.4, -0.2) is 27.6 Å². The van der Waals surface area contributed by atoms with E-state index in [1.54, 1.807) is 31.4 Å². The van der Waals surface area contributed by atoms with Gasteiger partial charge in [0, 0.05) is 12.1 Å². The third-order valence-electron chi connectivity index (χ3n) is 3.20. The molecule has 0 fully saturated rings. The Morgan fingerprint density at radius 1 is 1.36 bits per heavy atom. The van der Waals surface area contributed by atoms with Crippen molar-refractivity contribution < 1.29 is 13.2 Å². The molecule has 22 heavy (non-hydrogen) atoms. The lowest BCUT2D eigenvalue weighted by atomic mass is 9.92. The fourth-order valence-electron chi connectivity index (χ4n) is 2.46. The van der Waals surface area contributed by atoms with Crippen LogP contribution in [0.2, 0.25) is 0 Å². The van der Waals surface area contributed by atoms with Gasteiger partial charge in [-0.25, -0.2) is 13.1 Å². The second-order valence-corrected chi connectivity index (χ2v) is 7.80. The van der Waals surface area contributed by atoms with Gasteiger partial charge in [0.1, 0.15) is 5.75 Å². The Morgan fingerprint density at radius 3 is 2.50 bits per heavy atom. The standard InChI is InChI=1S/C15H26N2O3S.ClH/c1-12(2)9-15(3,11-16)17-21(18,19)10-13-6-5-7-14(8-13)20-4;/h5-8,12,17H,9-11,16H2,1-4H3;1H. The van der Waals surface area contributed by atoms with Gasteiger partial charge in [-0.1, -0.05) is 26.0 Å². The van der Waals surface area contributed by atoms with Crippen molar-refractivity contribution in [2.24, 2.45) is 11.7 Å². The van der Waals surface area contributed by atoms with E-state index in [2.05, 4.69) is 4.72 Å². The summed E-state index contributed by atoms with van der Waals surface area (Å²) in [6.07, 6.45) is 0.695. The number of benzene rings is 1. The first kappa shape index (κ1) is 21.2. The summed E-state index contributed by atoms with van der Waals surface area (Å²) in [6, 6.07) is 7.05. The van der Waals surface area contributed by atoms with Gasteiger partial charge < -0.3 is 10.5 Å². The zero-order valence-electron chi connectivity index (χ0n) is 13.6. The molecule has 5 nitrogen and oxygen atoms in total. The molecule has 0 spiro atoms. The minimum absolute atomic E-state index is 0. The first-order valence-corrected chi connectivity index (χ1v) is 8.69. The van der Waals surface area contributed by atoms with Crippen molar-refractivity contribution >= 4 is 22.4 Å². The first-order chi connectivity index (χ1) is 9.69. The smallest absolute Gasteiger partial charge is 0.216 e.